The van der Waals surface area contributed by atoms with Gasteiger partial charge in [-0.15, -0.1) is 0 Å². The zero-order valence-corrected chi connectivity index (χ0v) is 15.7. The smallest absolute Gasteiger partial charge is 0.335 e. The van der Waals surface area contributed by atoms with Crippen LogP contribution < -0.4 is 10.6 Å². The number of aliphatic imine (C=N–C) groups is 2. The van der Waals surface area contributed by atoms with Gasteiger partial charge in [-0.25, -0.2) is 4.79 Å². The van der Waals surface area contributed by atoms with Gasteiger partial charge in [0.15, 0.2) is 0 Å². The summed E-state index contributed by atoms with van der Waals surface area (Å²) < 4.78 is 0. The highest BCUT2D eigenvalue weighted by atomic mass is 16.4. The van der Waals surface area contributed by atoms with Crippen LogP contribution in [0.15, 0.2) is 76.7 Å². The number of anilines is 2. The molecule has 0 fully saturated rings. The summed E-state index contributed by atoms with van der Waals surface area (Å²) in [4.78, 5) is 20.5. The van der Waals surface area contributed by atoms with Crippen LogP contribution in [-0.2, 0) is 0 Å². The van der Waals surface area contributed by atoms with Crippen LogP contribution in [0.25, 0.3) is 0 Å². The minimum Gasteiger partial charge on any atom is -0.478 e. The monoisotopic (exact) mass is 384 g/mol. The van der Waals surface area contributed by atoms with Gasteiger partial charge in [-0.05, 0) is 30.3 Å². The van der Waals surface area contributed by atoms with Gasteiger partial charge in [0.05, 0.1) is 16.9 Å². The molecule has 1 heterocycles. The maximum Gasteiger partial charge on any atom is 0.335 e. The Labute approximate surface area is 168 Å². The molecule has 0 atom stereocenters. The fourth-order valence-electron chi connectivity index (χ4n) is 3.08. The highest BCUT2D eigenvalue weighted by Gasteiger charge is 2.09. The molecule has 6 nitrogen and oxygen atoms in total. The van der Waals surface area contributed by atoms with Crippen molar-refractivity contribution in [3.8, 4) is 0 Å². The number of hydrogen-bond donors (Lipinski definition) is 3. The SMILES string of the molecule is O=C(O)c1ccc2c(c1)N=Cc1ccccc1NCCNc1ccccc1C=N2. The number of rotatable bonds is 1. The van der Waals surface area contributed by atoms with Gasteiger partial charge in [-0.2, -0.15) is 0 Å². The Balaban J connectivity index is 1.83. The van der Waals surface area contributed by atoms with Crippen molar-refractivity contribution in [3.63, 3.8) is 0 Å². The van der Waals surface area contributed by atoms with E-state index in [0.29, 0.717) is 11.4 Å². The second-order valence-corrected chi connectivity index (χ2v) is 6.55. The fourth-order valence-corrected chi connectivity index (χ4v) is 3.08. The van der Waals surface area contributed by atoms with E-state index >= 15 is 0 Å². The summed E-state index contributed by atoms with van der Waals surface area (Å²) in [6, 6.07) is 20.5. The lowest BCUT2D eigenvalue weighted by Gasteiger charge is -2.13. The predicted molar refractivity (Wildman–Crippen MR) is 118 cm³/mol. The van der Waals surface area contributed by atoms with Crippen LogP contribution in [0.5, 0.6) is 0 Å². The van der Waals surface area contributed by atoms with Gasteiger partial charge in [0.1, 0.15) is 0 Å². The normalized spacial score (nSPS) is 13.1. The fraction of sp³-hybridized carbons (Fsp3) is 0.0870. The van der Waals surface area contributed by atoms with Gasteiger partial charge in [-0.1, -0.05) is 36.4 Å². The predicted octanol–water partition coefficient (Wildman–Crippen LogP) is 4.72. The second kappa shape index (κ2) is 8.39. The van der Waals surface area contributed by atoms with E-state index < -0.39 is 5.97 Å². The van der Waals surface area contributed by atoms with E-state index in [1.807, 2.05) is 48.5 Å². The van der Waals surface area contributed by atoms with Crippen molar-refractivity contribution in [3.05, 3.63) is 83.4 Å². The number of carbonyl (C=O) groups is 1. The van der Waals surface area contributed by atoms with Gasteiger partial charge in [0.25, 0.3) is 0 Å². The Morgan fingerprint density at radius 1 is 0.759 bits per heavy atom. The van der Waals surface area contributed by atoms with Crippen molar-refractivity contribution in [1.29, 1.82) is 0 Å². The van der Waals surface area contributed by atoms with Gasteiger partial charge < -0.3 is 15.7 Å². The summed E-state index contributed by atoms with van der Waals surface area (Å²) in [7, 11) is 0. The van der Waals surface area contributed by atoms with Gasteiger partial charge in [0.2, 0.25) is 0 Å². The van der Waals surface area contributed by atoms with Crippen molar-refractivity contribution in [1.82, 2.24) is 0 Å². The molecule has 3 aromatic carbocycles. The molecule has 0 aromatic heterocycles. The Morgan fingerprint density at radius 2 is 1.31 bits per heavy atom. The zero-order valence-electron chi connectivity index (χ0n) is 15.7. The first-order valence-electron chi connectivity index (χ1n) is 9.32. The highest BCUT2D eigenvalue weighted by molar-refractivity contribution is 5.95. The molecule has 3 N–H and O–H groups in total. The zero-order chi connectivity index (χ0) is 20.1. The lowest BCUT2D eigenvalue weighted by molar-refractivity contribution is 0.0697. The molecule has 0 bridgehead atoms. The summed E-state index contributed by atoms with van der Waals surface area (Å²) in [5, 5.41) is 16.2. The number of nitrogens with one attached hydrogen (secondary N) is 2. The topological polar surface area (TPSA) is 86.1 Å². The third-order valence-electron chi connectivity index (χ3n) is 4.59. The van der Waals surface area contributed by atoms with Crippen molar-refractivity contribution < 1.29 is 9.90 Å². The molecular formula is C23H20N4O2. The maximum atomic E-state index is 11.4. The third kappa shape index (κ3) is 4.32. The molecule has 0 spiro atoms. The van der Waals surface area contributed by atoms with Gasteiger partial charge >= 0.3 is 5.97 Å². The molecule has 0 unspecified atom stereocenters. The van der Waals surface area contributed by atoms with Crippen molar-refractivity contribution in [2.45, 2.75) is 0 Å². The standard InChI is InChI=1S/C23H20N4O2/c28-23(29)16-9-10-21-22(13-16)27-15-18-6-2-4-8-20(18)25-12-11-24-19-7-3-1-5-17(19)14-26-21/h1-10,13-15,24-25H,11-12H2,(H,28,29). The van der Waals surface area contributed by atoms with Crippen LogP contribution in [0.3, 0.4) is 0 Å². The number of para-hydroxylation sites is 2. The first-order valence-corrected chi connectivity index (χ1v) is 9.32. The average Bonchev–Trinajstić information content (AvgIpc) is 2.75. The molecule has 0 saturated carbocycles. The summed E-state index contributed by atoms with van der Waals surface area (Å²) in [6.45, 7) is 1.48. The highest BCUT2D eigenvalue weighted by Crippen LogP contribution is 2.30. The van der Waals surface area contributed by atoms with E-state index in [4.69, 9.17) is 0 Å². The minimum absolute atomic E-state index is 0.172. The molecule has 3 aromatic rings. The van der Waals surface area contributed by atoms with Crippen LogP contribution >= 0.6 is 0 Å². The molecule has 4 rings (SSSR count). The van der Waals surface area contributed by atoms with E-state index in [2.05, 4.69) is 20.6 Å². The lowest BCUT2D eigenvalue weighted by Crippen LogP contribution is -2.15. The molecule has 0 aliphatic carbocycles. The van der Waals surface area contributed by atoms with E-state index in [0.717, 1.165) is 35.6 Å². The van der Waals surface area contributed by atoms with E-state index in [9.17, 15) is 9.90 Å². The molecule has 1 aliphatic rings. The number of nitrogens with zero attached hydrogens (tertiary/aromatic N) is 2. The number of hydrogen-bond acceptors (Lipinski definition) is 5. The second-order valence-electron chi connectivity index (χ2n) is 6.55. The van der Waals surface area contributed by atoms with E-state index in [1.165, 1.54) is 12.1 Å². The summed E-state index contributed by atoms with van der Waals surface area (Å²) >= 11 is 0. The van der Waals surface area contributed by atoms with E-state index in [1.54, 1.807) is 18.5 Å². The summed E-state index contributed by atoms with van der Waals surface area (Å²) in [6.07, 6.45) is 3.50. The lowest BCUT2D eigenvalue weighted by atomic mass is 10.1. The van der Waals surface area contributed by atoms with Crippen LogP contribution in [-0.4, -0.2) is 36.6 Å². The van der Waals surface area contributed by atoms with E-state index in [-0.39, 0.29) is 5.56 Å². The van der Waals surface area contributed by atoms with Gasteiger partial charge in [0, 0.05) is 48.0 Å². The average molecular weight is 384 g/mol. The minimum atomic E-state index is -0.997. The maximum absolute atomic E-state index is 11.4. The summed E-state index contributed by atoms with van der Waals surface area (Å²) in [5.74, 6) is -0.997. The molecule has 144 valence electrons. The molecule has 1 aliphatic heterocycles. The first-order chi connectivity index (χ1) is 14.2. The first kappa shape index (κ1) is 18.4. The van der Waals surface area contributed by atoms with Crippen molar-refractivity contribution >= 4 is 41.1 Å². The summed E-state index contributed by atoms with van der Waals surface area (Å²) in [5.41, 5.74) is 5.08. The third-order valence-corrected chi connectivity index (χ3v) is 4.59. The van der Waals surface area contributed by atoms with Crippen molar-refractivity contribution in [2.24, 2.45) is 9.98 Å². The number of benzene rings is 3. The number of carboxylic acids is 1. The Bertz CT molecular complexity index is 1110. The van der Waals surface area contributed by atoms with Crippen LogP contribution in [0.2, 0.25) is 0 Å². The molecular weight excluding hydrogens is 364 g/mol. The Morgan fingerprint density at radius 3 is 1.90 bits per heavy atom. The number of aromatic carboxylic acids is 1. The number of fused-ring (bicyclic) bond motifs is 3. The Hall–Kier alpha value is -3.93. The molecule has 0 radical (unpaired) electrons. The Kier molecular flexibility index (Phi) is 5.33. The molecule has 6 heteroatoms. The number of carboxylic acid groups (broad SMARTS) is 1. The van der Waals surface area contributed by atoms with Crippen LogP contribution in [0.4, 0.5) is 22.7 Å². The largest absolute Gasteiger partial charge is 0.478 e. The van der Waals surface area contributed by atoms with Crippen LogP contribution in [0.1, 0.15) is 21.5 Å². The molecule has 29 heavy (non-hydrogen) atoms. The van der Waals surface area contributed by atoms with Crippen molar-refractivity contribution in [2.75, 3.05) is 23.7 Å². The van der Waals surface area contributed by atoms with Crippen LogP contribution in [0, 0.1) is 0 Å². The van der Waals surface area contributed by atoms with Gasteiger partial charge in [-0.3, -0.25) is 9.98 Å². The quantitative estimate of drug-likeness (QED) is 0.566. The molecule has 0 saturated heterocycles. The molecule has 0 amide bonds.